The van der Waals surface area contributed by atoms with Gasteiger partial charge in [0.25, 0.3) is 0 Å². The number of rotatable bonds is 5. The molecule has 0 spiro atoms. The van der Waals surface area contributed by atoms with E-state index in [2.05, 4.69) is 54.2 Å². The number of benzene rings is 1. The molecule has 0 saturated carbocycles. The van der Waals surface area contributed by atoms with Crippen molar-refractivity contribution in [1.82, 2.24) is 10.3 Å². The van der Waals surface area contributed by atoms with E-state index >= 15 is 0 Å². The summed E-state index contributed by atoms with van der Waals surface area (Å²) in [6.07, 6.45) is 3.67. The largest absolute Gasteiger partial charge is 0.309 e. The molecule has 2 aromatic rings. The van der Waals surface area contributed by atoms with Crippen molar-refractivity contribution in [2.45, 2.75) is 32.7 Å². The number of nitrogens with one attached hydrogen (secondary N) is 1. The summed E-state index contributed by atoms with van der Waals surface area (Å²) >= 11 is 0. The molecular weight excluding hydrogens is 248 g/mol. The van der Waals surface area contributed by atoms with Gasteiger partial charge in [-0.05, 0) is 23.3 Å². The fourth-order valence-electron chi connectivity index (χ4n) is 1.97. The molecule has 1 N–H and O–H groups in total. The summed E-state index contributed by atoms with van der Waals surface area (Å²) in [4.78, 5) is 4.02. The van der Waals surface area contributed by atoms with Crippen molar-refractivity contribution in [3.05, 3.63) is 59.9 Å². The lowest BCUT2D eigenvalue weighted by molar-refractivity contribution is 0.693. The molecule has 0 atom stereocenters. The van der Waals surface area contributed by atoms with Gasteiger partial charge in [-0.3, -0.25) is 4.98 Å². The Hall–Kier alpha value is -1.45. The molecule has 0 saturated heterocycles. The van der Waals surface area contributed by atoms with Crippen LogP contribution in [0.2, 0.25) is 19.6 Å². The SMILES string of the molecule is C[Si](C)(C)c1ccc(CNCc2ccncc2)cc1. The van der Waals surface area contributed by atoms with Crippen LogP contribution in [-0.2, 0) is 13.1 Å². The van der Waals surface area contributed by atoms with Crippen molar-refractivity contribution in [2.75, 3.05) is 0 Å². The second-order valence-corrected chi connectivity index (χ2v) is 11.0. The van der Waals surface area contributed by atoms with E-state index in [1.807, 2.05) is 24.5 Å². The fraction of sp³-hybridized carbons (Fsp3) is 0.312. The molecule has 0 aliphatic heterocycles. The summed E-state index contributed by atoms with van der Waals surface area (Å²) in [5.74, 6) is 0. The van der Waals surface area contributed by atoms with Gasteiger partial charge >= 0.3 is 0 Å². The van der Waals surface area contributed by atoms with E-state index in [9.17, 15) is 0 Å². The lowest BCUT2D eigenvalue weighted by Gasteiger charge is -2.16. The van der Waals surface area contributed by atoms with E-state index in [0.29, 0.717) is 0 Å². The summed E-state index contributed by atoms with van der Waals surface area (Å²) < 4.78 is 0. The fourth-order valence-corrected chi connectivity index (χ4v) is 3.14. The van der Waals surface area contributed by atoms with Crippen molar-refractivity contribution in [3.63, 3.8) is 0 Å². The van der Waals surface area contributed by atoms with Gasteiger partial charge < -0.3 is 5.32 Å². The maximum atomic E-state index is 4.02. The summed E-state index contributed by atoms with van der Waals surface area (Å²) in [6.45, 7) is 8.93. The molecule has 2 rings (SSSR count). The Kier molecular flexibility index (Phi) is 4.50. The molecule has 1 aromatic heterocycles. The molecule has 1 heterocycles. The highest BCUT2D eigenvalue weighted by atomic mass is 28.3. The highest BCUT2D eigenvalue weighted by Gasteiger charge is 2.15. The summed E-state index contributed by atoms with van der Waals surface area (Å²) in [7, 11) is -1.17. The van der Waals surface area contributed by atoms with E-state index in [1.54, 1.807) is 0 Å². The van der Waals surface area contributed by atoms with Gasteiger partial charge in [0, 0.05) is 25.5 Å². The zero-order valence-corrected chi connectivity index (χ0v) is 13.0. The van der Waals surface area contributed by atoms with Gasteiger partial charge in [0.1, 0.15) is 0 Å². The highest BCUT2D eigenvalue weighted by Crippen LogP contribution is 2.05. The molecule has 0 fully saturated rings. The Morgan fingerprint density at radius 3 is 1.89 bits per heavy atom. The molecule has 0 aliphatic rings. The average Bonchev–Trinajstić information content (AvgIpc) is 2.39. The first-order valence-corrected chi connectivity index (χ1v) is 10.2. The van der Waals surface area contributed by atoms with Crippen molar-refractivity contribution in [2.24, 2.45) is 0 Å². The smallest absolute Gasteiger partial charge is 0.0775 e. The Balaban J connectivity index is 1.87. The molecule has 0 amide bonds. The minimum absolute atomic E-state index is 0.887. The zero-order chi connectivity index (χ0) is 13.7. The van der Waals surface area contributed by atoms with Crippen LogP contribution in [0.4, 0.5) is 0 Å². The zero-order valence-electron chi connectivity index (χ0n) is 12.0. The predicted molar refractivity (Wildman–Crippen MR) is 84.2 cm³/mol. The van der Waals surface area contributed by atoms with Gasteiger partial charge in [-0.1, -0.05) is 49.1 Å². The molecule has 19 heavy (non-hydrogen) atoms. The first kappa shape index (κ1) is 14.0. The Morgan fingerprint density at radius 2 is 1.37 bits per heavy atom. The van der Waals surface area contributed by atoms with Gasteiger partial charge in [0.05, 0.1) is 8.07 Å². The molecule has 0 bridgehead atoms. The van der Waals surface area contributed by atoms with Crippen molar-refractivity contribution < 1.29 is 0 Å². The van der Waals surface area contributed by atoms with E-state index in [-0.39, 0.29) is 0 Å². The molecule has 1 aromatic carbocycles. The quantitative estimate of drug-likeness (QED) is 0.845. The molecule has 3 heteroatoms. The summed E-state index contributed by atoms with van der Waals surface area (Å²) in [6, 6.07) is 13.1. The number of hydrogen-bond acceptors (Lipinski definition) is 2. The minimum Gasteiger partial charge on any atom is -0.309 e. The van der Waals surface area contributed by atoms with Crippen molar-refractivity contribution >= 4 is 13.3 Å². The lowest BCUT2D eigenvalue weighted by atomic mass is 10.2. The topological polar surface area (TPSA) is 24.9 Å². The third kappa shape index (κ3) is 4.30. The van der Waals surface area contributed by atoms with Crippen LogP contribution < -0.4 is 10.5 Å². The molecule has 0 aliphatic carbocycles. The number of aromatic nitrogens is 1. The van der Waals surface area contributed by atoms with Gasteiger partial charge in [0.15, 0.2) is 0 Å². The maximum absolute atomic E-state index is 4.02. The predicted octanol–water partition coefficient (Wildman–Crippen LogP) is 2.92. The lowest BCUT2D eigenvalue weighted by Crippen LogP contribution is -2.37. The normalized spacial score (nSPS) is 11.5. The van der Waals surface area contributed by atoms with Crippen molar-refractivity contribution in [3.8, 4) is 0 Å². The Labute approximate surface area is 116 Å². The van der Waals surface area contributed by atoms with Gasteiger partial charge in [-0.25, -0.2) is 0 Å². The van der Waals surface area contributed by atoms with Crippen LogP contribution in [0.1, 0.15) is 11.1 Å². The second kappa shape index (κ2) is 6.13. The second-order valence-electron chi connectivity index (χ2n) is 5.91. The Morgan fingerprint density at radius 1 is 0.842 bits per heavy atom. The number of nitrogens with zero attached hydrogens (tertiary/aromatic N) is 1. The maximum Gasteiger partial charge on any atom is 0.0775 e. The van der Waals surface area contributed by atoms with Crippen LogP contribution in [0.3, 0.4) is 0 Å². The third-order valence-corrected chi connectivity index (χ3v) is 5.29. The van der Waals surface area contributed by atoms with E-state index in [4.69, 9.17) is 0 Å². The number of hydrogen-bond donors (Lipinski definition) is 1. The summed E-state index contributed by atoms with van der Waals surface area (Å²) in [5.41, 5.74) is 2.62. The van der Waals surface area contributed by atoms with E-state index in [0.717, 1.165) is 13.1 Å². The van der Waals surface area contributed by atoms with Crippen LogP contribution >= 0.6 is 0 Å². The first-order chi connectivity index (χ1) is 9.05. The highest BCUT2D eigenvalue weighted by molar-refractivity contribution is 6.88. The van der Waals surface area contributed by atoms with Gasteiger partial charge in [0.2, 0.25) is 0 Å². The molecule has 0 radical (unpaired) electrons. The van der Waals surface area contributed by atoms with Crippen LogP contribution in [-0.4, -0.2) is 13.1 Å². The summed E-state index contributed by atoms with van der Waals surface area (Å²) in [5, 5.41) is 4.98. The van der Waals surface area contributed by atoms with Crippen LogP contribution in [0.5, 0.6) is 0 Å². The van der Waals surface area contributed by atoms with Crippen molar-refractivity contribution in [1.29, 1.82) is 0 Å². The van der Waals surface area contributed by atoms with Gasteiger partial charge in [-0.2, -0.15) is 0 Å². The Bertz CT molecular complexity index is 501. The van der Waals surface area contributed by atoms with Gasteiger partial charge in [-0.15, -0.1) is 0 Å². The van der Waals surface area contributed by atoms with Crippen LogP contribution in [0, 0.1) is 0 Å². The molecule has 100 valence electrons. The average molecular weight is 270 g/mol. The molecule has 2 nitrogen and oxygen atoms in total. The standard InChI is InChI=1S/C16H22N2Si/c1-19(2,3)16-6-4-14(5-7-16)12-18-13-15-8-10-17-11-9-15/h4-11,18H,12-13H2,1-3H3. The van der Waals surface area contributed by atoms with Crippen LogP contribution in [0.25, 0.3) is 0 Å². The first-order valence-electron chi connectivity index (χ1n) is 6.75. The monoisotopic (exact) mass is 270 g/mol. The van der Waals surface area contributed by atoms with Crippen LogP contribution in [0.15, 0.2) is 48.8 Å². The molecule has 0 unspecified atom stereocenters. The van der Waals surface area contributed by atoms with E-state index < -0.39 is 8.07 Å². The third-order valence-electron chi connectivity index (χ3n) is 3.23. The molecular formula is C16H22N2Si. The minimum atomic E-state index is -1.17. The number of pyridine rings is 1. The van der Waals surface area contributed by atoms with E-state index in [1.165, 1.54) is 16.3 Å².